The predicted molar refractivity (Wildman–Crippen MR) is 36.3 cm³/mol. The fraction of sp³-hybridized carbons (Fsp3) is 0.667. The molecule has 0 bridgehead atoms. The van der Waals surface area contributed by atoms with Gasteiger partial charge in [0.1, 0.15) is 5.83 Å². The maximum atomic E-state index is 12.2. The van der Waals surface area contributed by atoms with Gasteiger partial charge < -0.3 is 11.5 Å². The Morgan fingerprint density at radius 1 is 1.78 bits per heavy atom. The number of hydrogen-bond acceptors (Lipinski definition) is 2. The largest absolute Gasteiger partial charge is 0.403 e. The lowest BCUT2D eigenvalue weighted by atomic mass is 10.1. The first kappa shape index (κ1) is 8.43. The molecule has 0 aliphatic carbocycles. The summed E-state index contributed by atoms with van der Waals surface area (Å²) < 4.78 is 12.2. The Hall–Kier alpha value is -0.570. The highest BCUT2D eigenvalue weighted by Crippen LogP contribution is 2.04. The molecule has 0 amide bonds. The van der Waals surface area contributed by atoms with E-state index in [0.29, 0.717) is 0 Å². The van der Waals surface area contributed by atoms with Crippen molar-refractivity contribution in [3.63, 3.8) is 0 Å². The third-order valence-electron chi connectivity index (χ3n) is 1.16. The molecule has 0 aliphatic heterocycles. The van der Waals surface area contributed by atoms with Gasteiger partial charge in [0.2, 0.25) is 0 Å². The molecule has 3 heteroatoms. The minimum atomic E-state index is -0.329. The Balaban J connectivity index is 3.47. The van der Waals surface area contributed by atoms with Gasteiger partial charge in [0.25, 0.3) is 0 Å². The van der Waals surface area contributed by atoms with Gasteiger partial charge in [-0.2, -0.15) is 0 Å². The molecule has 0 aromatic heterocycles. The van der Waals surface area contributed by atoms with Gasteiger partial charge in [0.05, 0.1) is 0 Å². The van der Waals surface area contributed by atoms with Gasteiger partial charge in [0.15, 0.2) is 0 Å². The molecule has 0 rings (SSSR count). The number of rotatable bonds is 3. The van der Waals surface area contributed by atoms with Gasteiger partial charge in [-0.25, -0.2) is 4.39 Å². The lowest BCUT2D eigenvalue weighted by Gasteiger charge is -2.04. The summed E-state index contributed by atoms with van der Waals surface area (Å²) >= 11 is 0. The first-order chi connectivity index (χ1) is 4.20. The standard InChI is InChI=1S/C6H13FN2/c1-2-6(9)3-5(7)4-8/h4,6H,2-3,8-9H2,1H3/b5-4-. The molecule has 1 unspecified atom stereocenters. The molecule has 4 N–H and O–H groups in total. The molecule has 0 saturated heterocycles. The summed E-state index contributed by atoms with van der Waals surface area (Å²) in [5.41, 5.74) is 10.3. The summed E-state index contributed by atoms with van der Waals surface area (Å²) in [5.74, 6) is -0.329. The van der Waals surface area contributed by atoms with Crippen LogP contribution >= 0.6 is 0 Å². The molecule has 0 aromatic carbocycles. The van der Waals surface area contributed by atoms with E-state index < -0.39 is 0 Å². The topological polar surface area (TPSA) is 52.0 Å². The molecule has 0 saturated carbocycles. The predicted octanol–water partition coefficient (Wildman–Crippen LogP) is 0.883. The number of hydrogen-bond donors (Lipinski definition) is 2. The Kier molecular flexibility index (Phi) is 4.05. The van der Waals surface area contributed by atoms with Crippen LogP contribution in [-0.2, 0) is 0 Å². The molecule has 1 atom stereocenters. The second-order valence-electron chi connectivity index (χ2n) is 1.99. The third kappa shape index (κ3) is 3.97. The van der Waals surface area contributed by atoms with Crippen molar-refractivity contribution in [2.75, 3.05) is 0 Å². The van der Waals surface area contributed by atoms with Crippen LogP contribution in [0, 0.1) is 0 Å². The normalized spacial score (nSPS) is 15.7. The fourth-order valence-corrected chi connectivity index (χ4v) is 0.463. The van der Waals surface area contributed by atoms with Crippen molar-refractivity contribution in [1.29, 1.82) is 0 Å². The van der Waals surface area contributed by atoms with Crippen molar-refractivity contribution in [2.45, 2.75) is 25.8 Å². The summed E-state index contributed by atoms with van der Waals surface area (Å²) in [6.07, 6.45) is 1.99. The highest BCUT2D eigenvalue weighted by atomic mass is 19.1. The smallest absolute Gasteiger partial charge is 0.117 e. The van der Waals surface area contributed by atoms with E-state index in [2.05, 4.69) is 0 Å². The van der Waals surface area contributed by atoms with Crippen molar-refractivity contribution in [1.82, 2.24) is 0 Å². The van der Waals surface area contributed by atoms with Crippen molar-refractivity contribution >= 4 is 0 Å². The van der Waals surface area contributed by atoms with Crippen LogP contribution in [0.15, 0.2) is 12.0 Å². The average molecular weight is 132 g/mol. The second kappa shape index (κ2) is 4.32. The summed E-state index contributed by atoms with van der Waals surface area (Å²) in [6, 6.07) is -0.0928. The van der Waals surface area contributed by atoms with E-state index in [0.717, 1.165) is 12.6 Å². The van der Waals surface area contributed by atoms with Crippen LogP contribution in [-0.4, -0.2) is 6.04 Å². The van der Waals surface area contributed by atoms with Gasteiger partial charge in [0, 0.05) is 18.7 Å². The quantitative estimate of drug-likeness (QED) is 0.599. The van der Waals surface area contributed by atoms with Gasteiger partial charge in [-0.3, -0.25) is 0 Å². The SMILES string of the molecule is CCC(N)C/C(F)=C/N. The van der Waals surface area contributed by atoms with E-state index in [1.165, 1.54) is 0 Å². The minimum absolute atomic E-state index is 0.0928. The monoisotopic (exact) mass is 132 g/mol. The van der Waals surface area contributed by atoms with E-state index in [4.69, 9.17) is 11.5 Å². The van der Waals surface area contributed by atoms with Gasteiger partial charge in [-0.05, 0) is 6.42 Å². The maximum absolute atomic E-state index is 12.2. The van der Waals surface area contributed by atoms with Crippen molar-refractivity contribution in [3.8, 4) is 0 Å². The number of halogens is 1. The van der Waals surface area contributed by atoms with Gasteiger partial charge in [-0.15, -0.1) is 0 Å². The molecule has 0 radical (unpaired) electrons. The minimum Gasteiger partial charge on any atom is -0.403 e. The maximum Gasteiger partial charge on any atom is 0.117 e. The Labute approximate surface area is 54.7 Å². The van der Waals surface area contributed by atoms with Crippen LogP contribution in [0.3, 0.4) is 0 Å². The zero-order valence-corrected chi connectivity index (χ0v) is 5.60. The Morgan fingerprint density at radius 3 is 2.67 bits per heavy atom. The van der Waals surface area contributed by atoms with Crippen LogP contribution in [0.25, 0.3) is 0 Å². The summed E-state index contributed by atoms with van der Waals surface area (Å²) in [5, 5.41) is 0. The summed E-state index contributed by atoms with van der Waals surface area (Å²) in [4.78, 5) is 0. The highest BCUT2D eigenvalue weighted by molar-refractivity contribution is 4.90. The summed E-state index contributed by atoms with van der Waals surface area (Å²) in [6.45, 7) is 1.91. The van der Waals surface area contributed by atoms with E-state index in [1.807, 2.05) is 6.92 Å². The van der Waals surface area contributed by atoms with E-state index in [-0.39, 0.29) is 18.3 Å². The third-order valence-corrected chi connectivity index (χ3v) is 1.16. The molecule has 54 valence electrons. The Bertz CT molecular complexity index is 101. The Morgan fingerprint density at radius 2 is 2.33 bits per heavy atom. The van der Waals surface area contributed by atoms with Gasteiger partial charge >= 0.3 is 0 Å². The van der Waals surface area contributed by atoms with Crippen LogP contribution in [0.5, 0.6) is 0 Å². The number of nitrogens with two attached hydrogens (primary N) is 2. The van der Waals surface area contributed by atoms with E-state index in [9.17, 15) is 4.39 Å². The van der Waals surface area contributed by atoms with E-state index >= 15 is 0 Å². The highest BCUT2D eigenvalue weighted by Gasteiger charge is 2.01. The zero-order valence-electron chi connectivity index (χ0n) is 5.60. The van der Waals surface area contributed by atoms with Crippen molar-refractivity contribution < 1.29 is 4.39 Å². The van der Waals surface area contributed by atoms with Crippen LogP contribution in [0.4, 0.5) is 4.39 Å². The molecule has 0 aromatic rings. The van der Waals surface area contributed by atoms with E-state index in [1.54, 1.807) is 0 Å². The van der Waals surface area contributed by atoms with Crippen LogP contribution in [0.2, 0.25) is 0 Å². The van der Waals surface area contributed by atoms with Gasteiger partial charge in [-0.1, -0.05) is 6.92 Å². The lowest BCUT2D eigenvalue weighted by molar-refractivity contribution is 0.524. The first-order valence-electron chi connectivity index (χ1n) is 3.02. The first-order valence-corrected chi connectivity index (χ1v) is 3.02. The fourth-order valence-electron chi connectivity index (χ4n) is 0.463. The molecule has 0 fully saturated rings. The lowest BCUT2D eigenvalue weighted by Crippen LogP contribution is -2.18. The van der Waals surface area contributed by atoms with Crippen LogP contribution < -0.4 is 11.5 Å². The zero-order chi connectivity index (χ0) is 7.28. The van der Waals surface area contributed by atoms with Crippen molar-refractivity contribution in [3.05, 3.63) is 12.0 Å². The molecule has 0 spiro atoms. The molecule has 9 heavy (non-hydrogen) atoms. The van der Waals surface area contributed by atoms with Crippen molar-refractivity contribution in [2.24, 2.45) is 11.5 Å². The molecule has 0 heterocycles. The molecule has 2 nitrogen and oxygen atoms in total. The van der Waals surface area contributed by atoms with Crippen LogP contribution in [0.1, 0.15) is 19.8 Å². The average Bonchev–Trinajstić information content (AvgIpc) is 1.87. The summed E-state index contributed by atoms with van der Waals surface area (Å²) in [7, 11) is 0. The molecular formula is C6H13FN2. The second-order valence-corrected chi connectivity index (χ2v) is 1.99. The molecule has 0 aliphatic rings. The molecular weight excluding hydrogens is 119 g/mol.